The van der Waals surface area contributed by atoms with Gasteiger partial charge in [0.05, 0.1) is 6.42 Å². The van der Waals surface area contributed by atoms with E-state index in [1.165, 1.54) is 4.90 Å². The number of likely N-dealkylation sites (N-methyl/N-ethyl adjacent to an activating group) is 1. The Bertz CT molecular complexity index is 661. The number of nitrogens with zero attached hydrogens (tertiary/aromatic N) is 1. The van der Waals surface area contributed by atoms with Gasteiger partial charge in [-0.1, -0.05) is 11.6 Å². The van der Waals surface area contributed by atoms with E-state index >= 15 is 0 Å². The van der Waals surface area contributed by atoms with Crippen LogP contribution in [0.3, 0.4) is 0 Å². The second kappa shape index (κ2) is 5.61. The summed E-state index contributed by atoms with van der Waals surface area (Å²) in [6, 6.07) is 4.45. The van der Waals surface area contributed by atoms with Gasteiger partial charge in [0.15, 0.2) is 6.10 Å². The zero-order chi connectivity index (χ0) is 15.9. The van der Waals surface area contributed by atoms with Gasteiger partial charge in [0.2, 0.25) is 11.8 Å². The van der Waals surface area contributed by atoms with Crippen LogP contribution in [0.2, 0.25) is 5.02 Å². The van der Waals surface area contributed by atoms with Gasteiger partial charge in [-0.05, 0) is 30.7 Å². The van der Waals surface area contributed by atoms with Crippen LogP contribution in [0.4, 0.5) is 0 Å². The van der Waals surface area contributed by atoms with Gasteiger partial charge < -0.3 is 9.64 Å². The van der Waals surface area contributed by atoms with Crippen molar-refractivity contribution in [2.45, 2.75) is 31.9 Å². The van der Waals surface area contributed by atoms with Crippen molar-refractivity contribution in [3.8, 4) is 5.75 Å². The molecule has 2 atom stereocenters. The number of benzene rings is 1. The number of halogens is 1. The van der Waals surface area contributed by atoms with Crippen LogP contribution in [0.15, 0.2) is 18.2 Å². The molecule has 1 N–H and O–H groups in total. The average molecular weight is 323 g/mol. The lowest BCUT2D eigenvalue weighted by Crippen LogP contribution is -2.49. The summed E-state index contributed by atoms with van der Waals surface area (Å²) in [7, 11) is 0. The molecule has 0 spiro atoms. The van der Waals surface area contributed by atoms with Gasteiger partial charge in [0.1, 0.15) is 11.8 Å². The molecule has 2 heterocycles. The van der Waals surface area contributed by atoms with Gasteiger partial charge in [0.25, 0.3) is 5.91 Å². The fourth-order valence-electron chi connectivity index (χ4n) is 2.86. The number of hydrogen-bond acceptors (Lipinski definition) is 4. The minimum Gasteiger partial charge on any atom is -0.480 e. The summed E-state index contributed by atoms with van der Waals surface area (Å²) in [6.07, 6.45) is -0.269. The number of imide groups is 1. The van der Waals surface area contributed by atoms with Crippen molar-refractivity contribution in [3.63, 3.8) is 0 Å². The molecule has 1 saturated heterocycles. The Balaban J connectivity index is 1.76. The topological polar surface area (TPSA) is 75.7 Å². The Labute approximate surface area is 132 Å². The van der Waals surface area contributed by atoms with E-state index in [4.69, 9.17) is 16.3 Å². The zero-order valence-electron chi connectivity index (χ0n) is 12.0. The third-order valence-corrected chi connectivity index (χ3v) is 4.15. The number of ether oxygens (including phenoxy) is 1. The normalized spacial score (nSPS) is 23.0. The molecule has 7 heteroatoms. The fourth-order valence-corrected chi connectivity index (χ4v) is 3.06. The number of fused-ring (bicyclic) bond motifs is 1. The first-order valence-corrected chi connectivity index (χ1v) is 7.46. The average Bonchev–Trinajstić information content (AvgIpc) is 3.02. The summed E-state index contributed by atoms with van der Waals surface area (Å²) in [5.74, 6) is -0.446. The summed E-state index contributed by atoms with van der Waals surface area (Å²) < 4.78 is 5.66. The van der Waals surface area contributed by atoms with Crippen LogP contribution in [-0.4, -0.2) is 41.3 Å². The van der Waals surface area contributed by atoms with Gasteiger partial charge in [-0.2, -0.15) is 0 Å². The van der Waals surface area contributed by atoms with Crippen molar-refractivity contribution in [2.75, 3.05) is 6.54 Å². The highest BCUT2D eigenvalue weighted by Gasteiger charge is 2.41. The van der Waals surface area contributed by atoms with Crippen molar-refractivity contribution >= 4 is 29.3 Å². The van der Waals surface area contributed by atoms with E-state index < -0.39 is 18.1 Å². The molecular formula is C15H15ClN2O4. The molecule has 2 aliphatic heterocycles. The predicted octanol–water partition coefficient (Wildman–Crippen LogP) is 0.907. The minimum absolute atomic E-state index is 0.00388. The zero-order valence-corrected chi connectivity index (χ0v) is 12.7. The molecule has 0 bridgehead atoms. The summed E-state index contributed by atoms with van der Waals surface area (Å²) in [5.41, 5.74) is 0.869. The van der Waals surface area contributed by atoms with E-state index in [0.29, 0.717) is 23.7 Å². The molecule has 0 saturated carbocycles. The molecule has 1 aromatic carbocycles. The molecule has 2 aliphatic rings. The first kappa shape index (κ1) is 14.8. The number of carbonyl (C=O) groups is 3. The highest BCUT2D eigenvalue weighted by atomic mass is 35.5. The Hall–Kier alpha value is -2.08. The number of nitrogens with one attached hydrogen (secondary N) is 1. The van der Waals surface area contributed by atoms with Crippen molar-refractivity contribution in [1.82, 2.24) is 10.2 Å². The van der Waals surface area contributed by atoms with Gasteiger partial charge in [-0.15, -0.1) is 0 Å². The van der Waals surface area contributed by atoms with Crippen LogP contribution in [-0.2, 0) is 20.8 Å². The minimum atomic E-state index is -0.749. The van der Waals surface area contributed by atoms with E-state index in [-0.39, 0.29) is 18.2 Å². The lowest BCUT2D eigenvalue weighted by atomic mass is 10.1. The maximum absolute atomic E-state index is 12.6. The molecule has 0 unspecified atom stereocenters. The summed E-state index contributed by atoms with van der Waals surface area (Å²) in [4.78, 5) is 37.2. The van der Waals surface area contributed by atoms with Crippen molar-refractivity contribution in [1.29, 1.82) is 0 Å². The quantitative estimate of drug-likeness (QED) is 0.839. The Morgan fingerprint density at radius 1 is 1.41 bits per heavy atom. The largest absolute Gasteiger partial charge is 0.480 e. The Morgan fingerprint density at radius 2 is 2.18 bits per heavy atom. The van der Waals surface area contributed by atoms with Gasteiger partial charge in [-0.3, -0.25) is 19.7 Å². The van der Waals surface area contributed by atoms with E-state index in [2.05, 4.69) is 5.32 Å². The van der Waals surface area contributed by atoms with Crippen molar-refractivity contribution in [2.24, 2.45) is 0 Å². The summed E-state index contributed by atoms with van der Waals surface area (Å²) >= 11 is 5.94. The third kappa shape index (κ3) is 2.54. The predicted molar refractivity (Wildman–Crippen MR) is 78.5 cm³/mol. The van der Waals surface area contributed by atoms with Crippen LogP contribution < -0.4 is 10.1 Å². The molecular weight excluding hydrogens is 308 g/mol. The highest BCUT2D eigenvalue weighted by molar-refractivity contribution is 6.30. The van der Waals surface area contributed by atoms with Crippen LogP contribution in [0.1, 0.15) is 18.9 Å². The monoisotopic (exact) mass is 322 g/mol. The van der Waals surface area contributed by atoms with Crippen LogP contribution in [0.5, 0.6) is 5.75 Å². The summed E-state index contributed by atoms with van der Waals surface area (Å²) in [6.45, 7) is 2.11. The van der Waals surface area contributed by atoms with Crippen molar-refractivity contribution < 1.29 is 19.1 Å². The van der Waals surface area contributed by atoms with E-state index in [1.807, 2.05) is 0 Å². The van der Waals surface area contributed by atoms with Gasteiger partial charge in [-0.25, -0.2) is 0 Å². The maximum atomic E-state index is 12.6. The molecule has 3 amide bonds. The number of hydrogen-bond donors (Lipinski definition) is 1. The highest BCUT2D eigenvalue weighted by Crippen LogP contribution is 2.32. The Kier molecular flexibility index (Phi) is 3.78. The lowest BCUT2D eigenvalue weighted by molar-refractivity contribution is -0.143. The van der Waals surface area contributed by atoms with Crippen molar-refractivity contribution in [3.05, 3.63) is 28.8 Å². The molecule has 0 aliphatic carbocycles. The molecule has 0 aromatic heterocycles. The summed E-state index contributed by atoms with van der Waals surface area (Å²) in [5, 5.41) is 2.81. The van der Waals surface area contributed by atoms with E-state index in [0.717, 1.165) is 5.56 Å². The van der Waals surface area contributed by atoms with Crippen LogP contribution in [0, 0.1) is 0 Å². The van der Waals surface area contributed by atoms with E-state index in [1.54, 1.807) is 25.1 Å². The number of amides is 3. The molecule has 0 radical (unpaired) electrons. The molecule has 6 nitrogen and oxygen atoms in total. The Morgan fingerprint density at radius 3 is 2.82 bits per heavy atom. The standard InChI is InChI=1S/C15H15ClN2O4/c1-2-18(10-7-13(19)17-14(10)20)15(21)12-6-8-5-9(16)3-4-11(8)22-12/h3-5,10,12H,2,6-7H2,1H3,(H,17,19,20)/t10-,12-/m1/s1. The molecule has 22 heavy (non-hydrogen) atoms. The lowest BCUT2D eigenvalue weighted by Gasteiger charge is -2.27. The van der Waals surface area contributed by atoms with Crippen LogP contribution >= 0.6 is 11.6 Å². The van der Waals surface area contributed by atoms with E-state index in [9.17, 15) is 14.4 Å². The van der Waals surface area contributed by atoms with Crippen LogP contribution in [0.25, 0.3) is 0 Å². The maximum Gasteiger partial charge on any atom is 0.264 e. The molecule has 1 fully saturated rings. The molecule has 1 aromatic rings. The fraction of sp³-hybridized carbons (Fsp3) is 0.400. The van der Waals surface area contributed by atoms with Gasteiger partial charge in [0, 0.05) is 18.0 Å². The molecule has 3 rings (SSSR count). The third-order valence-electron chi connectivity index (χ3n) is 3.92. The first-order valence-electron chi connectivity index (χ1n) is 7.09. The second-order valence-corrected chi connectivity index (χ2v) is 5.76. The first-order chi connectivity index (χ1) is 10.5. The second-order valence-electron chi connectivity index (χ2n) is 5.32. The molecule has 116 valence electrons. The SMILES string of the molecule is CCN(C(=O)[C@H]1Cc2cc(Cl)ccc2O1)[C@@H]1CC(=O)NC1=O. The smallest absolute Gasteiger partial charge is 0.264 e. The van der Waals surface area contributed by atoms with Gasteiger partial charge >= 0.3 is 0 Å². The number of carbonyl (C=O) groups excluding carboxylic acids is 3. The number of rotatable bonds is 3.